The molecule has 0 fully saturated rings. The molecule has 0 unspecified atom stereocenters. The van der Waals surface area contributed by atoms with Crippen LogP contribution in [0.2, 0.25) is 0 Å². The maximum Gasteiger partial charge on any atom is 0.226 e. The Labute approximate surface area is 215 Å². The van der Waals surface area contributed by atoms with Gasteiger partial charge in [0.05, 0.1) is 26.0 Å². The maximum absolute atomic E-state index is 6.74. The van der Waals surface area contributed by atoms with Crippen LogP contribution in [0.4, 0.5) is 5.95 Å². The van der Waals surface area contributed by atoms with Gasteiger partial charge in [-0.1, -0.05) is 36.4 Å². The van der Waals surface area contributed by atoms with Gasteiger partial charge in [0.1, 0.15) is 23.9 Å². The van der Waals surface area contributed by atoms with Crippen molar-refractivity contribution in [1.29, 1.82) is 0 Å². The van der Waals surface area contributed by atoms with Crippen molar-refractivity contribution in [3.05, 3.63) is 95.3 Å². The van der Waals surface area contributed by atoms with Crippen LogP contribution < -0.4 is 24.3 Å². The Morgan fingerprint density at radius 1 is 0.919 bits per heavy atom. The van der Waals surface area contributed by atoms with Crippen molar-refractivity contribution in [2.75, 3.05) is 25.6 Å². The molecule has 0 spiro atoms. The number of hydrogen-bond acceptors (Lipinski definition) is 7. The van der Waals surface area contributed by atoms with E-state index in [1.54, 1.807) is 13.4 Å². The lowest BCUT2D eigenvalue weighted by atomic mass is 9.84. The zero-order chi connectivity index (χ0) is 25.4. The molecule has 8 nitrogen and oxygen atoms in total. The van der Waals surface area contributed by atoms with Gasteiger partial charge in [-0.25, -0.2) is 4.68 Å². The first-order chi connectivity index (χ1) is 18.2. The highest BCUT2D eigenvalue weighted by Gasteiger charge is 2.42. The number of anilines is 1. The fraction of sp³-hybridized carbons (Fsp3) is 0.241. The van der Waals surface area contributed by atoms with Gasteiger partial charge >= 0.3 is 0 Å². The zero-order valence-corrected chi connectivity index (χ0v) is 21.0. The maximum atomic E-state index is 6.74. The number of ether oxygens (including phenoxy) is 4. The van der Waals surface area contributed by atoms with E-state index >= 15 is 0 Å². The highest BCUT2D eigenvalue weighted by Crippen LogP contribution is 2.52. The molecule has 2 aliphatic heterocycles. The molecule has 188 valence electrons. The van der Waals surface area contributed by atoms with Gasteiger partial charge in [0.15, 0.2) is 17.6 Å². The molecule has 37 heavy (non-hydrogen) atoms. The van der Waals surface area contributed by atoms with E-state index < -0.39 is 6.10 Å². The van der Waals surface area contributed by atoms with Crippen LogP contribution in [0.1, 0.15) is 42.7 Å². The van der Waals surface area contributed by atoms with Gasteiger partial charge in [-0.2, -0.15) is 10.1 Å². The number of nitrogens with zero attached hydrogens (tertiary/aromatic N) is 3. The number of aromatic nitrogens is 3. The van der Waals surface area contributed by atoms with E-state index in [1.165, 1.54) is 0 Å². The van der Waals surface area contributed by atoms with Crippen LogP contribution in [0, 0.1) is 0 Å². The van der Waals surface area contributed by atoms with Crippen molar-refractivity contribution in [2.45, 2.75) is 26.0 Å². The molecular weight excluding hydrogens is 468 g/mol. The van der Waals surface area contributed by atoms with Gasteiger partial charge in [-0.3, -0.25) is 0 Å². The SMILES string of the molecule is CCOc1ccc([C@@H]2C3=C(Nc4ncnn42)c2ccccc2O[C@@H]3c2ccccc2OCC)cc1OC. The molecule has 6 rings (SSSR count). The van der Waals surface area contributed by atoms with Crippen molar-refractivity contribution < 1.29 is 18.9 Å². The third-order valence-electron chi connectivity index (χ3n) is 6.63. The molecule has 3 heterocycles. The lowest BCUT2D eigenvalue weighted by Crippen LogP contribution is -2.32. The van der Waals surface area contributed by atoms with Gasteiger partial charge in [-0.05, 0) is 49.7 Å². The Kier molecular flexibility index (Phi) is 5.92. The highest BCUT2D eigenvalue weighted by molar-refractivity contribution is 5.85. The third-order valence-corrected chi connectivity index (χ3v) is 6.63. The number of para-hydroxylation sites is 2. The lowest BCUT2D eigenvalue weighted by molar-refractivity contribution is 0.215. The fourth-order valence-corrected chi connectivity index (χ4v) is 5.11. The molecule has 0 saturated heterocycles. The van der Waals surface area contributed by atoms with E-state index in [2.05, 4.69) is 27.5 Å². The molecule has 1 N–H and O–H groups in total. The molecule has 3 aromatic carbocycles. The molecule has 2 aliphatic rings. The Hall–Kier alpha value is -4.46. The van der Waals surface area contributed by atoms with E-state index in [-0.39, 0.29) is 6.04 Å². The summed E-state index contributed by atoms with van der Waals surface area (Å²) in [6, 6.07) is 21.7. The molecule has 0 aliphatic carbocycles. The summed E-state index contributed by atoms with van der Waals surface area (Å²) in [6.07, 6.45) is 1.13. The summed E-state index contributed by atoms with van der Waals surface area (Å²) in [7, 11) is 1.65. The predicted molar refractivity (Wildman–Crippen MR) is 140 cm³/mol. The van der Waals surface area contributed by atoms with Crippen LogP contribution in [0.5, 0.6) is 23.0 Å². The minimum absolute atomic E-state index is 0.314. The fourth-order valence-electron chi connectivity index (χ4n) is 5.11. The summed E-state index contributed by atoms with van der Waals surface area (Å²) in [5, 5.41) is 8.15. The summed E-state index contributed by atoms with van der Waals surface area (Å²) in [5.41, 5.74) is 4.86. The van der Waals surface area contributed by atoms with Gasteiger partial charge in [-0.15, -0.1) is 0 Å². The number of methoxy groups -OCH3 is 1. The topological polar surface area (TPSA) is 79.7 Å². The van der Waals surface area contributed by atoms with Crippen LogP contribution in [-0.2, 0) is 0 Å². The molecule has 0 radical (unpaired) electrons. The van der Waals surface area contributed by atoms with Crippen LogP contribution in [0.15, 0.2) is 78.6 Å². The summed E-state index contributed by atoms with van der Waals surface area (Å²) < 4.78 is 26.2. The first kappa shape index (κ1) is 23.0. The van der Waals surface area contributed by atoms with E-state index in [4.69, 9.17) is 18.9 Å². The Bertz CT molecular complexity index is 1480. The number of benzene rings is 3. The Morgan fingerprint density at radius 3 is 2.54 bits per heavy atom. The monoisotopic (exact) mass is 496 g/mol. The third kappa shape index (κ3) is 3.85. The van der Waals surface area contributed by atoms with Gasteiger partial charge in [0.2, 0.25) is 5.95 Å². The molecular formula is C29H28N4O4. The normalized spacial score (nSPS) is 17.6. The number of hydrogen-bond donors (Lipinski definition) is 1. The van der Waals surface area contributed by atoms with Crippen LogP contribution in [0.3, 0.4) is 0 Å². The summed E-state index contributed by atoms with van der Waals surface area (Å²) >= 11 is 0. The Morgan fingerprint density at radius 2 is 1.70 bits per heavy atom. The van der Waals surface area contributed by atoms with Crippen molar-refractivity contribution in [2.24, 2.45) is 0 Å². The highest BCUT2D eigenvalue weighted by atomic mass is 16.5. The number of rotatable bonds is 7. The predicted octanol–water partition coefficient (Wildman–Crippen LogP) is 5.64. The van der Waals surface area contributed by atoms with E-state index in [9.17, 15) is 0 Å². The van der Waals surface area contributed by atoms with E-state index in [1.807, 2.05) is 73.1 Å². The second kappa shape index (κ2) is 9.54. The van der Waals surface area contributed by atoms with Gasteiger partial charge in [0.25, 0.3) is 0 Å². The second-order valence-electron chi connectivity index (χ2n) is 8.69. The van der Waals surface area contributed by atoms with Gasteiger partial charge in [0, 0.05) is 16.7 Å². The molecule has 2 atom stereocenters. The lowest BCUT2D eigenvalue weighted by Gasteiger charge is -2.39. The average Bonchev–Trinajstić information content (AvgIpc) is 3.41. The molecule has 4 aromatic rings. The molecule has 0 amide bonds. The van der Waals surface area contributed by atoms with Crippen molar-refractivity contribution in [3.63, 3.8) is 0 Å². The zero-order valence-electron chi connectivity index (χ0n) is 21.0. The summed E-state index contributed by atoms with van der Waals surface area (Å²) in [4.78, 5) is 4.52. The van der Waals surface area contributed by atoms with E-state index in [0.717, 1.165) is 39.5 Å². The number of fused-ring (bicyclic) bond motifs is 3. The molecule has 8 heteroatoms. The van der Waals surface area contributed by atoms with Crippen molar-refractivity contribution in [3.8, 4) is 23.0 Å². The standard InChI is InChI=1S/C29H28N4O4/c1-4-35-21-12-8-7-11-20(21)28-25-26(19-10-6-9-13-22(19)37-28)32-29-30-17-31-33(29)27(25)18-14-15-23(36-5-2)24(16-18)34-3/h6-17,27-28H,4-5H2,1-3H3,(H,30,31,32)/t27-,28-/m1/s1. The van der Waals surface area contributed by atoms with Crippen molar-refractivity contribution in [1.82, 2.24) is 14.8 Å². The van der Waals surface area contributed by atoms with Crippen molar-refractivity contribution >= 4 is 11.6 Å². The first-order valence-electron chi connectivity index (χ1n) is 12.4. The molecule has 0 saturated carbocycles. The van der Waals surface area contributed by atoms with Gasteiger partial charge < -0.3 is 24.3 Å². The summed E-state index contributed by atoms with van der Waals surface area (Å²) in [6.45, 7) is 5.04. The smallest absolute Gasteiger partial charge is 0.226 e. The summed E-state index contributed by atoms with van der Waals surface area (Å²) in [5.74, 6) is 3.59. The Balaban J connectivity index is 1.60. The van der Waals surface area contributed by atoms with Crippen LogP contribution in [-0.4, -0.2) is 35.1 Å². The minimum Gasteiger partial charge on any atom is -0.493 e. The second-order valence-corrected chi connectivity index (χ2v) is 8.69. The quantitative estimate of drug-likeness (QED) is 0.354. The minimum atomic E-state index is -0.430. The van der Waals surface area contributed by atoms with Crippen LogP contribution >= 0.6 is 0 Å². The average molecular weight is 497 g/mol. The molecule has 1 aromatic heterocycles. The largest absolute Gasteiger partial charge is 0.493 e. The first-order valence-corrected chi connectivity index (χ1v) is 12.4. The van der Waals surface area contributed by atoms with Crippen LogP contribution in [0.25, 0.3) is 5.70 Å². The van der Waals surface area contributed by atoms with E-state index in [0.29, 0.717) is 30.7 Å². The number of nitrogens with one attached hydrogen (secondary N) is 1. The molecule has 0 bridgehead atoms.